The highest BCUT2D eigenvalue weighted by atomic mass is 35.5. The van der Waals surface area contributed by atoms with Gasteiger partial charge >= 0.3 is 5.97 Å². The van der Waals surface area contributed by atoms with E-state index in [1.54, 1.807) is 30.3 Å². The molecule has 2 aromatic rings. The maximum absolute atomic E-state index is 12.7. The van der Waals surface area contributed by atoms with Crippen LogP contribution in [0.25, 0.3) is 0 Å². The second-order valence-corrected chi connectivity index (χ2v) is 8.60. The standard InChI is InChI=1S/C23H26Cl2N2O4/c1-15(23(29)30)31-19-9-6-16(7-10-19)13-27(18-4-2-3-5-18)14-22(28)26-21-11-8-17(24)12-20(21)25/h6-12,15,18H,2-5,13-14H2,1H3,(H,26,28)(H,29,30). The van der Waals surface area contributed by atoms with Gasteiger partial charge < -0.3 is 15.2 Å². The summed E-state index contributed by atoms with van der Waals surface area (Å²) in [4.78, 5) is 25.9. The fraction of sp³-hybridized carbons (Fsp3) is 0.391. The summed E-state index contributed by atoms with van der Waals surface area (Å²) < 4.78 is 5.39. The third-order valence-electron chi connectivity index (χ3n) is 5.36. The van der Waals surface area contributed by atoms with Crippen LogP contribution in [0, 0.1) is 0 Å². The molecule has 3 rings (SSSR count). The van der Waals surface area contributed by atoms with Gasteiger partial charge in [0, 0.05) is 17.6 Å². The minimum absolute atomic E-state index is 0.133. The van der Waals surface area contributed by atoms with Gasteiger partial charge in [-0.1, -0.05) is 48.2 Å². The van der Waals surface area contributed by atoms with E-state index >= 15 is 0 Å². The Bertz CT molecular complexity index is 914. The van der Waals surface area contributed by atoms with Gasteiger partial charge in [0.15, 0.2) is 6.10 Å². The minimum atomic E-state index is -1.01. The van der Waals surface area contributed by atoms with Crippen molar-refractivity contribution in [2.75, 3.05) is 11.9 Å². The molecule has 1 saturated carbocycles. The van der Waals surface area contributed by atoms with E-state index in [0.29, 0.717) is 34.1 Å². The fourth-order valence-electron chi connectivity index (χ4n) is 3.71. The van der Waals surface area contributed by atoms with Crippen molar-refractivity contribution >= 4 is 40.8 Å². The zero-order chi connectivity index (χ0) is 22.4. The van der Waals surface area contributed by atoms with E-state index in [1.165, 1.54) is 6.92 Å². The Balaban J connectivity index is 1.65. The number of nitrogens with one attached hydrogen (secondary N) is 1. The molecule has 0 aromatic heterocycles. The summed E-state index contributed by atoms with van der Waals surface area (Å²) in [6.07, 6.45) is 3.53. The van der Waals surface area contributed by atoms with Gasteiger partial charge in [0.25, 0.3) is 0 Å². The predicted molar refractivity (Wildman–Crippen MR) is 122 cm³/mol. The second kappa shape index (κ2) is 10.8. The van der Waals surface area contributed by atoms with Gasteiger partial charge in [0.05, 0.1) is 17.3 Å². The van der Waals surface area contributed by atoms with Crippen LogP contribution >= 0.6 is 23.2 Å². The van der Waals surface area contributed by atoms with Crippen molar-refractivity contribution in [2.24, 2.45) is 0 Å². The van der Waals surface area contributed by atoms with Crippen molar-refractivity contribution in [3.63, 3.8) is 0 Å². The van der Waals surface area contributed by atoms with Gasteiger partial charge in [0.1, 0.15) is 5.75 Å². The highest BCUT2D eigenvalue weighted by molar-refractivity contribution is 6.36. The van der Waals surface area contributed by atoms with Crippen LogP contribution in [0.15, 0.2) is 42.5 Å². The Labute approximate surface area is 192 Å². The molecular weight excluding hydrogens is 439 g/mol. The highest BCUT2D eigenvalue weighted by Gasteiger charge is 2.25. The molecule has 0 bridgehead atoms. The Morgan fingerprint density at radius 2 is 1.84 bits per heavy atom. The number of carboxylic acids is 1. The molecule has 0 aliphatic heterocycles. The molecule has 8 heteroatoms. The normalized spacial score (nSPS) is 15.1. The van der Waals surface area contributed by atoms with Crippen LogP contribution in [0.3, 0.4) is 0 Å². The lowest BCUT2D eigenvalue weighted by atomic mass is 10.1. The van der Waals surface area contributed by atoms with Crippen molar-refractivity contribution in [1.82, 2.24) is 4.90 Å². The quantitative estimate of drug-likeness (QED) is 0.531. The molecule has 1 fully saturated rings. The molecule has 0 radical (unpaired) electrons. The number of nitrogens with zero attached hydrogens (tertiary/aromatic N) is 1. The molecule has 0 heterocycles. The number of anilines is 1. The first-order valence-corrected chi connectivity index (χ1v) is 11.0. The Morgan fingerprint density at radius 1 is 1.16 bits per heavy atom. The second-order valence-electron chi connectivity index (χ2n) is 7.76. The molecule has 31 heavy (non-hydrogen) atoms. The number of carboxylic acid groups (broad SMARTS) is 1. The number of carbonyl (C=O) groups is 2. The van der Waals surface area contributed by atoms with Crippen molar-refractivity contribution in [2.45, 2.75) is 51.3 Å². The highest BCUT2D eigenvalue weighted by Crippen LogP contribution is 2.27. The van der Waals surface area contributed by atoms with Crippen LogP contribution in [-0.4, -0.2) is 40.6 Å². The summed E-state index contributed by atoms with van der Waals surface area (Å²) in [6.45, 7) is 2.35. The van der Waals surface area contributed by atoms with Gasteiger partial charge in [-0.05, 0) is 55.7 Å². The monoisotopic (exact) mass is 464 g/mol. The van der Waals surface area contributed by atoms with Crippen LogP contribution in [0.5, 0.6) is 5.75 Å². The number of carbonyl (C=O) groups excluding carboxylic acids is 1. The first-order chi connectivity index (χ1) is 14.8. The van der Waals surface area contributed by atoms with Crippen LogP contribution in [0.2, 0.25) is 10.0 Å². The molecule has 2 aromatic carbocycles. The summed E-state index contributed by atoms with van der Waals surface area (Å²) in [5.74, 6) is -0.643. The summed E-state index contributed by atoms with van der Waals surface area (Å²) in [5.41, 5.74) is 1.57. The number of hydrogen-bond donors (Lipinski definition) is 2. The van der Waals surface area contributed by atoms with Gasteiger partial charge in [-0.15, -0.1) is 0 Å². The van der Waals surface area contributed by atoms with E-state index in [1.807, 2.05) is 12.1 Å². The number of rotatable bonds is 9. The molecule has 1 atom stereocenters. The first kappa shape index (κ1) is 23.4. The zero-order valence-corrected chi connectivity index (χ0v) is 18.8. The van der Waals surface area contributed by atoms with Crippen molar-refractivity contribution in [3.05, 3.63) is 58.1 Å². The number of ether oxygens (including phenoxy) is 1. The van der Waals surface area contributed by atoms with E-state index in [2.05, 4.69) is 10.2 Å². The molecular formula is C23H26Cl2N2O4. The van der Waals surface area contributed by atoms with Crippen molar-refractivity contribution < 1.29 is 19.4 Å². The Kier molecular flexibility index (Phi) is 8.18. The average molecular weight is 465 g/mol. The molecule has 1 amide bonds. The number of benzene rings is 2. The molecule has 6 nitrogen and oxygen atoms in total. The largest absolute Gasteiger partial charge is 0.479 e. The summed E-state index contributed by atoms with van der Waals surface area (Å²) in [6, 6.07) is 12.6. The molecule has 2 N–H and O–H groups in total. The maximum atomic E-state index is 12.7. The summed E-state index contributed by atoms with van der Waals surface area (Å²) in [7, 11) is 0. The molecule has 0 saturated heterocycles. The van der Waals surface area contributed by atoms with Crippen molar-refractivity contribution in [3.8, 4) is 5.75 Å². The molecule has 1 aliphatic rings. The number of aliphatic carboxylic acids is 1. The lowest BCUT2D eigenvalue weighted by Crippen LogP contribution is -2.39. The summed E-state index contributed by atoms with van der Waals surface area (Å²) >= 11 is 12.1. The average Bonchev–Trinajstić information content (AvgIpc) is 3.26. The topological polar surface area (TPSA) is 78.9 Å². The van der Waals surface area contributed by atoms with Crippen LogP contribution in [0.4, 0.5) is 5.69 Å². The molecule has 0 spiro atoms. The lowest BCUT2D eigenvalue weighted by molar-refractivity contribution is -0.144. The van der Waals surface area contributed by atoms with Gasteiger partial charge in [0.2, 0.25) is 5.91 Å². The van der Waals surface area contributed by atoms with Crippen LogP contribution < -0.4 is 10.1 Å². The van der Waals surface area contributed by atoms with E-state index in [0.717, 1.165) is 31.2 Å². The van der Waals surface area contributed by atoms with Gasteiger partial charge in [-0.25, -0.2) is 4.79 Å². The smallest absolute Gasteiger partial charge is 0.344 e. The Hall–Kier alpha value is -2.28. The van der Waals surface area contributed by atoms with E-state index in [9.17, 15) is 9.59 Å². The fourth-order valence-corrected chi connectivity index (χ4v) is 4.17. The predicted octanol–water partition coefficient (Wildman–Crippen LogP) is 5.23. The third-order valence-corrected chi connectivity index (χ3v) is 5.91. The van der Waals surface area contributed by atoms with E-state index < -0.39 is 12.1 Å². The third kappa shape index (κ3) is 6.86. The zero-order valence-electron chi connectivity index (χ0n) is 17.3. The summed E-state index contributed by atoms with van der Waals surface area (Å²) in [5, 5.41) is 12.8. The van der Waals surface area contributed by atoms with Gasteiger partial charge in [-0.3, -0.25) is 9.69 Å². The minimum Gasteiger partial charge on any atom is -0.479 e. The lowest BCUT2D eigenvalue weighted by Gasteiger charge is -2.28. The van der Waals surface area contributed by atoms with Crippen molar-refractivity contribution in [1.29, 1.82) is 0 Å². The number of halogens is 2. The number of hydrogen-bond acceptors (Lipinski definition) is 4. The molecule has 166 valence electrons. The van der Waals surface area contributed by atoms with Gasteiger partial charge in [-0.2, -0.15) is 0 Å². The van der Waals surface area contributed by atoms with E-state index in [4.69, 9.17) is 33.0 Å². The number of amides is 1. The Morgan fingerprint density at radius 3 is 2.45 bits per heavy atom. The van der Waals surface area contributed by atoms with Crippen LogP contribution in [-0.2, 0) is 16.1 Å². The molecule has 1 unspecified atom stereocenters. The van der Waals surface area contributed by atoms with E-state index in [-0.39, 0.29) is 12.5 Å². The maximum Gasteiger partial charge on any atom is 0.344 e. The molecule has 1 aliphatic carbocycles. The first-order valence-electron chi connectivity index (χ1n) is 10.3. The SMILES string of the molecule is CC(Oc1ccc(CN(CC(=O)Nc2ccc(Cl)cc2Cl)C2CCCC2)cc1)C(=O)O. The van der Waals surface area contributed by atoms with Crippen LogP contribution in [0.1, 0.15) is 38.2 Å².